The third-order valence-electron chi connectivity index (χ3n) is 3.65. The maximum Gasteiger partial charge on any atom is 0.472 e. The van der Waals surface area contributed by atoms with Crippen molar-refractivity contribution in [3.05, 3.63) is 0 Å². The highest BCUT2D eigenvalue weighted by Gasteiger charge is 2.23. The molecule has 0 fully saturated rings. The number of hydrogen-bond acceptors (Lipinski definition) is 3. The van der Waals surface area contributed by atoms with Crippen LogP contribution in [0.2, 0.25) is 0 Å². The topological polar surface area (TPSA) is 55.8 Å². The normalized spacial score (nSPS) is 17.4. The molecule has 2 unspecified atom stereocenters. The van der Waals surface area contributed by atoms with Gasteiger partial charge < -0.3 is 4.89 Å². The minimum Gasteiger partial charge on any atom is -0.302 e. The highest BCUT2D eigenvalue weighted by Crippen LogP contribution is 2.44. The van der Waals surface area contributed by atoms with Crippen molar-refractivity contribution in [2.24, 2.45) is 11.8 Å². The Labute approximate surface area is 131 Å². The average molecular weight is 322 g/mol. The zero-order valence-electron chi connectivity index (χ0n) is 14.3. The first-order valence-electron chi connectivity index (χ1n) is 8.53. The standard InChI is InChI=1S/C16H35O4P/c1-5-7-9-11-15(3)13-19-21(17,18)20-14-16(4)12-10-8-6-2/h15-16H,5-14H2,1-4H3,(H,17,18). The van der Waals surface area contributed by atoms with Gasteiger partial charge in [-0.15, -0.1) is 0 Å². The van der Waals surface area contributed by atoms with E-state index in [2.05, 4.69) is 13.8 Å². The Hall–Kier alpha value is 0.110. The Balaban J connectivity index is 3.79. The van der Waals surface area contributed by atoms with Gasteiger partial charge >= 0.3 is 7.82 Å². The van der Waals surface area contributed by atoms with Crippen molar-refractivity contribution >= 4 is 7.82 Å². The van der Waals surface area contributed by atoms with Gasteiger partial charge in [0.15, 0.2) is 0 Å². The van der Waals surface area contributed by atoms with Crippen LogP contribution in [-0.4, -0.2) is 18.1 Å². The van der Waals surface area contributed by atoms with Crippen LogP contribution in [-0.2, 0) is 13.6 Å². The van der Waals surface area contributed by atoms with Gasteiger partial charge in [0.05, 0.1) is 13.2 Å². The van der Waals surface area contributed by atoms with E-state index in [0.29, 0.717) is 25.0 Å². The third kappa shape index (κ3) is 13.5. The molecule has 2 atom stereocenters. The molecule has 0 amide bonds. The summed E-state index contributed by atoms with van der Waals surface area (Å²) in [5.74, 6) is 0.588. The molecule has 0 aromatic rings. The van der Waals surface area contributed by atoms with Crippen LogP contribution in [0.4, 0.5) is 0 Å². The van der Waals surface area contributed by atoms with Crippen LogP contribution in [0.1, 0.15) is 79.1 Å². The van der Waals surface area contributed by atoms with Crippen LogP contribution in [0.25, 0.3) is 0 Å². The molecule has 0 aromatic heterocycles. The zero-order valence-corrected chi connectivity index (χ0v) is 15.2. The van der Waals surface area contributed by atoms with Crippen molar-refractivity contribution in [2.45, 2.75) is 79.1 Å². The molecule has 0 radical (unpaired) electrons. The molecule has 0 aliphatic rings. The second-order valence-corrected chi connectivity index (χ2v) is 7.72. The third-order valence-corrected chi connectivity index (χ3v) is 4.60. The fourth-order valence-electron chi connectivity index (χ4n) is 2.13. The van der Waals surface area contributed by atoms with Crippen molar-refractivity contribution in [3.8, 4) is 0 Å². The number of unbranched alkanes of at least 4 members (excludes halogenated alkanes) is 4. The Kier molecular flexibility index (Phi) is 12.7. The summed E-state index contributed by atoms with van der Waals surface area (Å²) in [6.07, 6.45) is 9.12. The molecular formula is C16H35O4P. The molecule has 128 valence electrons. The number of hydrogen-bond donors (Lipinski definition) is 1. The molecule has 0 heterocycles. The summed E-state index contributed by atoms with van der Waals surface area (Å²) in [6.45, 7) is 9.01. The predicted molar refractivity (Wildman–Crippen MR) is 88.3 cm³/mol. The van der Waals surface area contributed by atoms with Gasteiger partial charge in [0.1, 0.15) is 0 Å². The molecule has 0 aliphatic heterocycles. The van der Waals surface area contributed by atoms with Crippen molar-refractivity contribution < 1.29 is 18.5 Å². The Bertz CT molecular complexity index is 259. The zero-order chi connectivity index (χ0) is 16.1. The molecule has 0 bridgehead atoms. The van der Waals surface area contributed by atoms with E-state index in [0.717, 1.165) is 25.7 Å². The van der Waals surface area contributed by atoms with Crippen molar-refractivity contribution in [3.63, 3.8) is 0 Å². The first-order valence-corrected chi connectivity index (χ1v) is 10.0. The minimum absolute atomic E-state index is 0.293. The second kappa shape index (κ2) is 12.6. The Morgan fingerprint density at radius 1 is 0.857 bits per heavy atom. The first kappa shape index (κ1) is 21.1. The van der Waals surface area contributed by atoms with E-state index in [9.17, 15) is 9.46 Å². The lowest BCUT2D eigenvalue weighted by Gasteiger charge is -2.18. The van der Waals surface area contributed by atoms with Gasteiger partial charge in [0.25, 0.3) is 0 Å². The quantitative estimate of drug-likeness (QED) is 0.336. The second-order valence-electron chi connectivity index (χ2n) is 6.26. The lowest BCUT2D eigenvalue weighted by Crippen LogP contribution is -2.09. The van der Waals surface area contributed by atoms with Crippen LogP contribution in [0.3, 0.4) is 0 Å². The summed E-state index contributed by atoms with van der Waals surface area (Å²) < 4.78 is 22.0. The van der Waals surface area contributed by atoms with E-state index >= 15 is 0 Å². The lowest BCUT2D eigenvalue weighted by molar-refractivity contribution is 0.117. The summed E-state index contributed by atoms with van der Waals surface area (Å²) in [5.41, 5.74) is 0. The summed E-state index contributed by atoms with van der Waals surface area (Å²) in [5, 5.41) is 0. The Morgan fingerprint density at radius 3 is 1.57 bits per heavy atom. The van der Waals surface area contributed by atoms with E-state index in [1.165, 1.54) is 25.7 Å². The van der Waals surface area contributed by atoms with Gasteiger partial charge in [0.2, 0.25) is 0 Å². The van der Waals surface area contributed by atoms with Crippen LogP contribution in [0.15, 0.2) is 0 Å². The van der Waals surface area contributed by atoms with Crippen molar-refractivity contribution in [2.75, 3.05) is 13.2 Å². The molecule has 4 nitrogen and oxygen atoms in total. The molecular weight excluding hydrogens is 287 g/mol. The highest BCUT2D eigenvalue weighted by atomic mass is 31.2. The molecule has 21 heavy (non-hydrogen) atoms. The number of phosphoric acid groups is 1. The molecule has 0 rings (SSSR count). The molecule has 0 saturated heterocycles. The van der Waals surface area contributed by atoms with Crippen molar-refractivity contribution in [1.82, 2.24) is 0 Å². The smallest absolute Gasteiger partial charge is 0.302 e. The summed E-state index contributed by atoms with van der Waals surface area (Å²) in [6, 6.07) is 0. The summed E-state index contributed by atoms with van der Waals surface area (Å²) >= 11 is 0. The number of phosphoric ester groups is 1. The SMILES string of the molecule is CCCCCC(C)COP(=O)(O)OCC(C)CCCCC. The van der Waals surface area contributed by atoms with Gasteiger partial charge in [-0.2, -0.15) is 0 Å². The van der Waals surface area contributed by atoms with E-state index in [4.69, 9.17) is 9.05 Å². The van der Waals surface area contributed by atoms with Gasteiger partial charge in [-0.05, 0) is 24.7 Å². The molecule has 0 aromatic carbocycles. The monoisotopic (exact) mass is 322 g/mol. The summed E-state index contributed by atoms with van der Waals surface area (Å²) in [4.78, 5) is 9.67. The molecule has 1 N–H and O–H groups in total. The summed E-state index contributed by atoms with van der Waals surface area (Å²) in [7, 11) is -3.88. The minimum atomic E-state index is -3.88. The van der Waals surface area contributed by atoms with E-state index in [1.807, 2.05) is 13.8 Å². The predicted octanol–water partition coefficient (Wildman–Crippen LogP) is 5.55. The molecule has 0 saturated carbocycles. The fourth-order valence-corrected chi connectivity index (χ4v) is 3.09. The van der Waals surface area contributed by atoms with Crippen molar-refractivity contribution in [1.29, 1.82) is 0 Å². The molecule has 0 aliphatic carbocycles. The van der Waals surface area contributed by atoms with E-state index < -0.39 is 7.82 Å². The lowest BCUT2D eigenvalue weighted by atomic mass is 10.0. The van der Waals surface area contributed by atoms with Gasteiger partial charge in [-0.25, -0.2) is 4.57 Å². The van der Waals surface area contributed by atoms with Crippen LogP contribution in [0.5, 0.6) is 0 Å². The fraction of sp³-hybridized carbons (Fsp3) is 1.00. The van der Waals surface area contributed by atoms with E-state index in [-0.39, 0.29) is 0 Å². The largest absolute Gasteiger partial charge is 0.472 e. The van der Waals surface area contributed by atoms with Gasteiger partial charge in [-0.1, -0.05) is 66.2 Å². The van der Waals surface area contributed by atoms with Crippen LogP contribution in [0, 0.1) is 11.8 Å². The Morgan fingerprint density at radius 2 is 1.24 bits per heavy atom. The van der Waals surface area contributed by atoms with Gasteiger partial charge in [0, 0.05) is 0 Å². The molecule has 5 heteroatoms. The first-order chi connectivity index (χ1) is 9.91. The van der Waals surface area contributed by atoms with Gasteiger partial charge in [-0.3, -0.25) is 9.05 Å². The highest BCUT2D eigenvalue weighted by molar-refractivity contribution is 7.47. The van der Waals surface area contributed by atoms with Crippen LogP contribution >= 0.6 is 7.82 Å². The maximum atomic E-state index is 11.8. The van der Waals surface area contributed by atoms with E-state index in [1.54, 1.807) is 0 Å². The maximum absolute atomic E-state index is 11.8. The molecule has 0 spiro atoms. The average Bonchev–Trinajstić information content (AvgIpc) is 2.44. The van der Waals surface area contributed by atoms with Crippen LogP contribution < -0.4 is 0 Å². The number of rotatable bonds is 14.